The summed E-state index contributed by atoms with van der Waals surface area (Å²) in [6, 6.07) is 10.4. The third-order valence-electron chi connectivity index (χ3n) is 4.63. The van der Waals surface area contributed by atoms with Crippen molar-refractivity contribution < 1.29 is 5.11 Å². The summed E-state index contributed by atoms with van der Waals surface area (Å²) in [6.07, 6.45) is 5.63. The van der Waals surface area contributed by atoms with Gasteiger partial charge in [0.25, 0.3) is 0 Å². The molecule has 2 rings (SSSR count). The van der Waals surface area contributed by atoms with E-state index in [2.05, 4.69) is 56.9 Å². The van der Waals surface area contributed by atoms with Crippen molar-refractivity contribution in [2.45, 2.75) is 32.3 Å². The quantitative estimate of drug-likeness (QED) is 0.197. The molecule has 162 valence electrons. The average Bonchev–Trinajstić information content (AvgIpc) is 3.13. The minimum absolute atomic E-state index is 0. The van der Waals surface area contributed by atoms with Crippen molar-refractivity contribution in [2.75, 3.05) is 38.1 Å². The summed E-state index contributed by atoms with van der Waals surface area (Å²) >= 11 is 0. The van der Waals surface area contributed by atoms with Crippen LogP contribution in [0.25, 0.3) is 0 Å². The van der Waals surface area contributed by atoms with Gasteiger partial charge in [-0.05, 0) is 38.8 Å². The van der Waals surface area contributed by atoms with Crippen LogP contribution in [0.5, 0.6) is 0 Å². The molecule has 0 fully saturated rings. The van der Waals surface area contributed by atoms with Gasteiger partial charge in [0.2, 0.25) is 0 Å². The number of aliphatic hydroxyl groups is 1. The number of benzene rings is 1. The number of nitrogens with zero attached hydrogens (tertiary/aromatic N) is 4. The predicted molar refractivity (Wildman–Crippen MR) is 131 cm³/mol. The fourth-order valence-corrected chi connectivity index (χ4v) is 2.86. The van der Waals surface area contributed by atoms with Gasteiger partial charge in [0, 0.05) is 51.2 Å². The topological polar surface area (TPSA) is 77.7 Å². The van der Waals surface area contributed by atoms with Crippen molar-refractivity contribution in [2.24, 2.45) is 12.0 Å². The summed E-state index contributed by atoms with van der Waals surface area (Å²) in [6.45, 7) is 6.68. The zero-order valence-corrected chi connectivity index (χ0v) is 20.3. The molecule has 0 amide bonds. The number of para-hydroxylation sites is 1. The molecular formula is C21H35IN6O. The van der Waals surface area contributed by atoms with Crippen molar-refractivity contribution in [3.05, 3.63) is 48.3 Å². The molecule has 3 N–H and O–H groups in total. The van der Waals surface area contributed by atoms with Gasteiger partial charge in [0.15, 0.2) is 5.96 Å². The number of aliphatic imine (C=N–C) groups is 1. The minimum Gasteiger partial charge on any atom is -0.383 e. The number of rotatable bonds is 10. The van der Waals surface area contributed by atoms with Crippen LogP contribution < -0.4 is 15.5 Å². The number of guanidine groups is 1. The maximum atomic E-state index is 10.7. The van der Waals surface area contributed by atoms with Crippen LogP contribution in [-0.4, -0.2) is 54.1 Å². The van der Waals surface area contributed by atoms with Gasteiger partial charge in [-0.2, -0.15) is 5.10 Å². The van der Waals surface area contributed by atoms with E-state index in [0.29, 0.717) is 0 Å². The highest BCUT2D eigenvalue weighted by atomic mass is 127. The molecule has 0 radical (unpaired) electrons. The lowest BCUT2D eigenvalue weighted by molar-refractivity contribution is 0.0672. The predicted octanol–water partition coefficient (Wildman–Crippen LogP) is 2.72. The Kier molecular flexibility index (Phi) is 11.0. The van der Waals surface area contributed by atoms with Gasteiger partial charge in [-0.1, -0.05) is 18.2 Å². The number of aryl methyl sites for hydroxylation is 1. The number of hydrogen-bond donors (Lipinski definition) is 3. The molecule has 0 aliphatic rings. The second kappa shape index (κ2) is 12.7. The maximum Gasteiger partial charge on any atom is 0.191 e. The summed E-state index contributed by atoms with van der Waals surface area (Å²) in [5.41, 5.74) is 0.955. The van der Waals surface area contributed by atoms with E-state index in [1.807, 2.05) is 26.2 Å². The van der Waals surface area contributed by atoms with Gasteiger partial charge in [-0.25, -0.2) is 4.99 Å². The van der Waals surface area contributed by atoms with Crippen molar-refractivity contribution in [1.82, 2.24) is 20.4 Å². The zero-order chi connectivity index (χ0) is 20.4. The van der Waals surface area contributed by atoms with E-state index in [9.17, 15) is 5.11 Å². The average molecular weight is 514 g/mol. The van der Waals surface area contributed by atoms with Crippen LogP contribution in [0.4, 0.5) is 5.69 Å². The largest absolute Gasteiger partial charge is 0.383 e. The Morgan fingerprint density at radius 2 is 1.97 bits per heavy atom. The number of unbranched alkanes of at least 4 members (excludes halogenated alkanes) is 1. The lowest BCUT2D eigenvalue weighted by Gasteiger charge is -2.21. The first-order valence-electron chi connectivity index (χ1n) is 9.92. The first kappa shape index (κ1) is 25.2. The van der Waals surface area contributed by atoms with E-state index < -0.39 is 5.60 Å². The molecule has 0 saturated heterocycles. The van der Waals surface area contributed by atoms with Crippen LogP contribution in [-0.2, 0) is 12.6 Å². The zero-order valence-electron chi connectivity index (χ0n) is 17.9. The van der Waals surface area contributed by atoms with E-state index in [1.165, 1.54) is 5.69 Å². The molecule has 0 saturated carbocycles. The molecule has 1 atom stereocenters. The smallest absolute Gasteiger partial charge is 0.191 e. The molecule has 1 heterocycles. The summed E-state index contributed by atoms with van der Waals surface area (Å²) in [5.74, 6) is 0.725. The maximum absolute atomic E-state index is 10.7. The van der Waals surface area contributed by atoms with Gasteiger partial charge < -0.3 is 20.6 Å². The second-order valence-electron chi connectivity index (χ2n) is 7.26. The molecule has 8 heteroatoms. The third kappa shape index (κ3) is 8.61. The van der Waals surface area contributed by atoms with Gasteiger partial charge >= 0.3 is 0 Å². The summed E-state index contributed by atoms with van der Waals surface area (Å²) < 4.78 is 1.68. The minimum atomic E-state index is -1.05. The Balaban J connectivity index is 0.00000420. The molecule has 0 aliphatic carbocycles. The Labute approximate surface area is 191 Å². The molecule has 7 nitrogen and oxygen atoms in total. The Morgan fingerprint density at radius 1 is 1.24 bits per heavy atom. The van der Waals surface area contributed by atoms with Gasteiger partial charge in [0.05, 0.1) is 12.7 Å². The second-order valence-corrected chi connectivity index (χ2v) is 7.26. The van der Waals surface area contributed by atoms with Crippen molar-refractivity contribution in [3.8, 4) is 0 Å². The highest BCUT2D eigenvalue weighted by Gasteiger charge is 2.24. The molecule has 0 aliphatic heterocycles. The van der Waals surface area contributed by atoms with Crippen molar-refractivity contribution in [1.29, 1.82) is 0 Å². The molecule has 0 spiro atoms. The van der Waals surface area contributed by atoms with Gasteiger partial charge in [0.1, 0.15) is 5.60 Å². The van der Waals surface area contributed by atoms with E-state index in [-0.39, 0.29) is 30.5 Å². The number of anilines is 1. The summed E-state index contributed by atoms with van der Waals surface area (Å²) in [5, 5.41) is 21.4. The SMILES string of the molecule is CCNC(=NCC(C)(O)c1cnn(C)c1)NCCCCN(C)c1ccccc1.I. The number of aromatic nitrogens is 2. The summed E-state index contributed by atoms with van der Waals surface area (Å²) in [7, 11) is 3.96. The standard InChI is InChI=1S/C21H34N6O.HI/c1-5-22-20(24-17-21(2,28)18-15-25-27(4)16-18)23-13-9-10-14-26(3)19-11-7-6-8-12-19;/h6-8,11-12,15-16,28H,5,9-10,13-14,17H2,1-4H3,(H2,22,23,24);1H. The Hall–Kier alpha value is -1.81. The van der Waals surface area contributed by atoms with Crippen LogP contribution in [0, 0.1) is 0 Å². The van der Waals surface area contributed by atoms with E-state index in [4.69, 9.17) is 0 Å². The van der Waals surface area contributed by atoms with E-state index in [1.54, 1.807) is 17.8 Å². The normalized spacial score (nSPS) is 13.3. The monoisotopic (exact) mass is 514 g/mol. The number of nitrogens with one attached hydrogen (secondary N) is 2. The van der Waals surface area contributed by atoms with Gasteiger partial charge in [-0.15, -0.1) is 24.0 Å². The fourth-order valence-electron chi connectivity index (χ4n) is 2.86. The van der Waals surface area contributed by atoms with Crippen LogP contribution in [0.2, 0.25) is 0 Å². The van der Waals surface area contributed by atoms with Crippen LogP contribution >= 0.6 is 24.0 Å². The lowest BCUT2D eigenvalue weighted by Crippen LogP contribution is -2.39. The number of halogens is 1. The molecule has 0 bridgehead atoms. The van der Waals surface area contributed by atoms with Crippen LogP contribution in [0.15, 0.2) is 47.7 Å². The fraction of sp³-hybridized carbons (Fsp3) is 0.524. The highest BCUT2D eigenvalue weighted by Crippen LogP contribution is 2.19. The molecule has 1 aromatic carbocycles. The van der Waals surface area contributed by atoms with Crippen LogP contribution in [0.1, 0.15) is 32.3 Å². The Morgan fingerprint density at radius 3 is 2.59 bits per heavy atom. The highest BCUT2D eigenvalue weighted by molar-refractivity contribution is 14.0. The third-order valence-corrected chi connectivity index (χ3v) is 4.63. The molecule has 2 aromatic rings. The van der Waals surface area contributed by atoms with E-state index >= 15 is 0 Å². The van der Waals surface area contributed by atoms with Crippen molar-refractivity contribution >= 4 is 35.6 Å². The molecule has 1 aromatic heterocycles. The lowest BCUT2D eigenvalue weighted by atomic mass is 10.0. The first-order valence-corrected chi connectivity index (χ1v) is 9.92. The van der Waals surface area contributed by atoms with E-state index in [0.717, 1.165) is 44.0 Å². The van der Waals surface area contributed by atoms with Crippen molar-refractivity contribution in [3.63, 3.8) is 0 Å². The summed E-state index contributed by atoms with van der Waals surface area (Å²) in [4.78, 5) is 6.82. The molecular weight excluding hydrogens is 479 g/mol. The molecule has 29 heavy (non-hydrogen) atoms. The van der Waals surface area contributed by atoms with Crippen LogP contribution in [0.3, 0.4) is 0 Å². The number of hydrogen-bond acceptors (Lipinski definition) is 4. The molecule has 1 unspecified atom stereocenters. The van der Waals surface area contributed by atoms with Gasteiger partial charge in [-0.3, -0.25) is 4.68 Å². The Bertz CT molecular complexity index is 732. The first-order chi connectivity index (χ1) is 13.4.